The van der Waals surface area contributed by atoms with Crippen molar-refractivity contribution in [1.82, 2.24) is 20.4 Å². The molecule has 0 spiro atoms. The Kier molecular flexibility index (Phi) is 10.3. The van der Waals surface area contributed by atoms with Gasteiger partial charge in [-0.25, -0.2) is 0 Å². The van der Waals surface area contributed by atoms with E-state index in [0.29, 0.717) is 25.8 Å². The van der Waals surface area contributed by atoms with Gasteiger partial charge < -0.3 is 20.3 Å². The first kappa shape index (κ1) is 27.2. The van der Waals surface area contributed by atoms with Crippen molar-refractivity contribution in [2.45, 2.75) is 51.2 Å². The summed E-state index contributed by atoms with van der Waals surface area (Å²) in [4.78, 5) is 42.7. The first-order valence-electron chi connectivity index (χ1n) is 12.6. The van der Waals surface area contributed by atoms with E-state index in [1.165, 1.54) is 10.5 Å². The number of carbonyl (C=O) groups excluding carboxylic acids is 3. The summed E-state index contributed by atoms with van der Waals surface area (Å²) < 4.78 is 5.22. The number of nitrogens with zero attached hydrogens (tertiary/aromatic N) is 2. The van der Waals surface area contributed by atoms with Crippen LogP contribution in [0.15, 0.2) is 54.6 Å². The normalized spacial score (nSPS) is 21.2. The molecule has 0 radical (unpaired) electrons. The van der Waals surface area contributed by atoms with Crippen molar-refractivity contribution in [2.24, 2.45) is 0 Å². The first-order valence-corrected chi connectivity index (χ1v) is 12.6. The number of rotatable bonds is 5. The topological polar surface area (TPSA) is 91.0 Å². The Morgan fingerprint density at radius 1 is 0.944 bits per heavy atom. The quantitative estimate of drug-likeness (QED) is 0.666. The highest BCUT2D eigenvalue weighted by Gasteiger charge is 2.30. The Labute approximate surface area is 214 Å². The molecule has 3 rings (SSSR count). The molecule has 0 aliphatic carbocycles. The maximum Gasteiger partial charge on any atom is 0.245 e. The number of hydrogen-bond acceptors (Lipinski definition) is 5. The summed E-state index contributed by atoms with van der Waals surface area (Å²) in [6, 6.07) is 16.2. The third-order valence-corrected chi connectivity index (χ3v) is 6.62. The van der Waals surface area contributed by atoms with Gasteiger partial charge in [0.1, 0.15) is 17.8 Å². The van der Waals surface area contributed by atoms with Crippen LogP contribution in [0.4, 0.5) is 0 Å². The smallest absolute Gasteiger partial charge is 0.245 e. The van der Waals surface area contributed by atoms with Crippen LogP contribution < -0.4 is 15.4 Å². The number of amides is 3. The SMILES string of the molecule is COc1ccc(C[C@@H]2NC(=O)CCCN(Cc3ccccc3)CCCNC(=O)[C@H](C)N(C)C2=O)cc1. The Hall–Kier alpha value is -3.39. The largest absolute Gasteiger partial charge is 0.497 e. The third-order valence-electron chi connectivity index (χ3n) is 6.62. The van der Waals surface area contributed by atoms with Crippen LogP contribution in [0.5, 0.6) is 5.75 Å². The summed E-state index contributed by atoms with van der Waals surface area (Å²) in [7, 11) is 3.21. The van der Waals surface area contributed by atoms with Gasteiger partial charge in [0.25, 0.3) is 0 Å². The molecule has 0 aromatic heterocycles. The van der Waals surface area contributed by atoms with Gasteiger partial charge in [-0.15, -0.1) is 0 Å². The number of likely N-dealkylation sites (N-methyl/N-ethyl adjacent to an activating group) is 1. The average molecular weight is 495 g/mol. The number of ether oxygens (including phenoxy) is 1. The van der Waals surface area contributed by atoms with Gasteiger partial charge in [-0.1, -0.05) is 42.5 Å². The molecule has 36 heavy (non-hydrogen) atoms. The second kappa shape index (κ2) is 13.6. The maximum atomic E-state index is 13.4. The molecular weight excluding hydrogens is 456 g/mol. The molecule has 1 fully saturated rings. The van der Waals surface area contributed by atoms with Crippen LogP contribution in [0.2, 0.25) is 0 Å². The highest BCUT2D eigenvalue weighted by atomic mass is 16.5. The van der Waals surface area contributed by atoms with E-state index in [-0.39, 0.29) is 17.7 Å². The Bertz CT molecular complexity index is 996. The van der Waals surface area contributed by atoms with E-state index < -0.39 is 12.1 Å². The molecule has 0 bridgehead atoms. The molecular formula is C28H38N4O4. The molecule has 1 aliphatic rings. The molecule has 3 amide bonds. The number of hydrogen-bond donors (Lipinski definition) is 2. The second-order valence-electron chi connectivity index (χ2n) is 9.31. The minimum absolute atomic E-state index is 0.165. The van der Waals surface area contributed by atoms with Gasteiger partial charge in [-0.05, 0) is 49.6 Å². The van der Waals surface area contributed by atoms with E-state index in [0.717, 1.165) is 37.4 Å². The highest BCUT2D eigenvalue weighted by Crippen LogP contribution is 2.15. The van der Waals surface area contributed by atoms with Crippen LogP contribution in [0, 0.1) is 0 Å². The van der Waals surface area contributed by atoms with Gasteiger partial charge >= 0.3 is 0 Å². The number of benzene rings is 2. The lowest BCUT2D eigenvalue weighted by molar-refractivity contribution is -0.141. The fourth-order valence-corrected chi connectivity index (χ4v) is 4.31. The predicted molar refractivity (Wildman–Crippen MR) is 139 cm³/mol. The zero-order chi connectivity index (χ0) is 25.9. The van der Waals surface area contributed by atoms with Crippen LogP contribution in [-0.2, 0) is 27.3 Å². The molecule has 8 heteroatoms. The molecule has 0 saturated carbocycles. The lowest BCUT2D eigenvalue weighted by Gasteiger charge is -2.29. The van der Waals surface area contributed by atoms with E-state index in [4.69, 9.17) is 4.74 Å². The van der Waals surface area contributed by atoms with Crippen molar-refractivity contribution in [3.8, 4) is 5.75 Å². The standard InChI is InChI=1S/C28H38N4O4/c1-21-27(34)29-16-8-18-32(20-23-9-5-4-6-10-23)17-7-11-26(33)30-25(28(35)31(21)2)19-22-12-14-24(36-3)15-13-22/h4-6,9-10,12-15,21,25H,7-8,11,16-20H2,1-3H3,(H,29,34)(H,30,33)/t21-,25-/m0/s1. The van der Waals surface area contributed by atoms with Crippen molar-refractivity contribution in [3.05, 3.63) is 65.7 Å². The van der Waals surface area contributed by atoms with Gasteiger partial charge in [0.05, 0.1) is 7.11 Å². The molecule has 2 atom stereocenters. The highest BCUT2D eigenvalue weighted by molar-refractivity contribution is 5.92. The van der Waals surface area contributed by atoms with Gasteiger partial charge in [0, 0.05) is 39.5 Å². The number of nitrogens with one attached hydrogen (secondary N) is 2. The van der Waals surface area contributed by atoms with E-state index in [1.807, 2.05) is 42.5 Å². The van der Waals surface area contributed by atoms with Crippen LogP contribution in [0.1, 0.15) is 37.3 Å². The van der Waals surface area contributed by atoms with Gasteiger partial charge in [0.15, 0.2) is 0 Å². The van der Waals surface area contributed by atoms with Crippen LogP contribution in [0.3, 0.4) is 0 Å². The van der Waals surface area contributed by atoms with Crippen LogP contribution >= 0.6 is 0 Å². The van der Waals surface area contributed by atoms with E-state index in [2.05, 4.69) is 27.7 Å². The molecule has 1 heterocycles. The van der Waals surface area contributed by atoms with E-state index in [9.17, 15) is 14.4 Å². The zero-order valence-electron chi connectivity index (χ0n) is 21.5. The Balaban J connectivity index is 1.74. The summed E-state index contributed by atoms with van der Waals surface area (Å²) in [5.41, 5.74) is 2.11. The minimum Gasteiger partial charge on any atom is -0.497 e. The Morgan fingerprint density at radius 3 is 2.33 bits per heavy atom. The average Bonchev–Trinajstić information content (AvgIpc) is 2.89. The summed E-state index contributed by atoms with van der Waals surface area (Å²) in [6.45, 7) is 4.58. The van der Waals surface area contributed by atoms with Crippen molar-refractivity contribution >= 4 is 17.7 Å². The number of methoxy groups -OCH3 is 1. The Morgan fingerprint density at radius 2 is 1.64 bits per heavy atom. The monoisotopic (exact) mass is 494 g/mol. The number of carbonyl (C=O) groups is 3. The lowest BCUT2D eigenvalue weighted by Crippen LogP contribution is -2.54. The molecule has 0 unspecified atom stereocenters. The van der Waals surface area contributed by atoms with Gasteiger partial charge in [-0.3, -0.25) is 19.3 Å². The summed E-state index contributed by atoms with van der Waals surface area (Å²) >= 11 is 0. The first-order chi connectivity index (χ1) is 17.4. The van der Waals surface area contributed by atoms with Crippen molar-refractivity contribution in [1.29, 1.82) is 0 Å². The second-order valence-corrected chi connectivity index (χ2v) is 9.31. The molecule has 8 nitrogen and oxygen atoms in total. The van der Waals surface area contributed by atoms with E-state index in [1.54, 1.807) is 21.1 Å². The molecule has 194 valence electrons. The summed E-state index contributed by atoms with van der Waals surface area (Å²) in [5, 5.41) is 5.89. The molecule has 2 aromatic rings. The molecule has 2 N–H and O–H groups in total. The molecule has 1 saturated heterocycles. The zero-order valence-corrected chi connectivity index (χ0v) is 21.5. The van der Waals surface area contributed by atoms with Crippen molar-refractivity contribution in [3.63, 3.8) is 0 Å². The fraction of sp³-hybridized carbons (Fsp3) is 0.464. The lowest BCUT2D eigenvalue weighted by atomic mass is 10.0. The third kappa shape index (κ3) is 8.09. The summed E-state index contributed by atoms with van der Waals surface area (Å²) in [5.74, 6) is 0.0628. The van der Waals surface area contributed by atoms with Crippen LogP contribution in [-0.4, -0.2) is 73.4 Å². The van der Waals surface area contributed by atoms with E-state index >= 15 is 0 Å². The maximum absolute atomic E-state index is 13.4. The minimum atomic E-state index is -0.767. The fourth-order valence-electron chi connectivity index (χ4n) is 4.31. The summed E-state index contributed by atoms with van der Waals surface area (Å²) in [6.07, 6.45) is 2.12. The van der Waals surface area contributed by atoms with Gasteiger partial charge in [0.2, 0.25) is 17.7 Å². The molecule has 2 aromatic carbocycles. The van der Waals surface area contributed by atoms with Crippen LogP contribution in [0.25, 0.3) is 0 Å². The van der Waals surface area contributed by atoms with Crippen molar-refractivity contribution < 1.29 is 19.1 Å². The predicted octanol–water partition coefficient (Wildman–Crippen LogP) is 2.37. The van der Waals surface area contributed by atoms with Gasteiger partial charge in [-0.2, -0.15) is 0 Å². The molecule has 1 aliphatic heterocycles. The van der Waals surface area contributed by atoms with Crippen molar-refractivity contribution in [2.75, 3.05) is 33.8 Å².